The fourth-order valence-corrected chi connectivity index (χ4v) is 2.14. The number of para-hydroxylation sites is 2. The first-order valence-corrected chi connectivity index (χ1v) is 7.12. The molecular formula is C15H23N5O. The zero-order valence-corrected chi connectivity index (χ0v) is 12.8. The molecule has 1 heterocycles. The van der Waals surface area contributed by atoms with E-state index < -0.39 is 0 Å². The molecule has 1 aromatic carbocycles. The molecule has 6 nitrogen and oxygen atoms in total. The topological polar surface area (TPSA) is 74.3 Å². The number of aromatic amines is 1. The summed E-state index contributed by atoms with van der Waals surface area (Å²) in [5.41, 5.74) is 2.08. The van der Waals surface area contributed by atoms with E-state index in [0.29, 0.717) is 6.61 Å². The van der Waals surface area contributed by atoms with E-state index in [2.05, 4.69) is 32.5 Å². The normalized spacial score (nSPS) is 13.4. The van der Waals surface area contributed by atoms with Crippen molar-refractivity contribution in [3.05, 3.63) is 30.1 Å². The van der Waals surface area contributed by atoms with Gasteiger partial charge in [-0.2, -0.15) is 0 Å². The molecule has 0 spiro atoms. The third kappa shape index (κ3) is 4.46. The van der Waals surface area contributed by atoms with Crippen LogP contribution >= 0.6 is 0 Å². The molecule has 0 bridgehead atoms. The lowest BCUT2D eigenvalue weighted by molar-refractivity contribution is 0.179. The van der Waals surface area contributed by atoms with E-state index in [1.165, 1.54) is 0 Å². The van der Waals surface area contributed by atoms with Crippen LogP contribution in [-0.4, -0.2) is 49.3 Å². The quantitative estimate of drug-likeness (QED) is 0.553. The summed E-state index contributed by atoms with van der Waals surface area (Å²) in [7, 11) is 3.45. The van der Waals surface area contributed by atoms with Gasteiger partial charge in [-0.05, 0) is 19.1 Å². The van der Waals surface area contributed by atoms with Crippen molar-refractivity contribution in [2.45, 2.75) is 19.4 Å². The number of hydrogen-bond donors (Lipinski definition) is 3. The Hall–Kier alpha value is -2.08. The average molecular weight is 289 g/mol. The predicted octanol–water partition coefficient (Wildman–Crippen LogP) is 1.31. The van der Waals surface area contributed by atoms with Gasteiger partial charge in [-0.1, -0.05) is 12.1 Å². The second-order valence-electron chi connectivity index (χ2n) is 4.95. The first-order valence-electron chi connectivity index (χ1n) is 7.12. The Bertz CT molecular complexity index is 560. The molecule has 21 heavy (non-hydrogen) atoms. The van der Waals surface area contributed by atoms with Crippen LogP contribution < -0.4 is 10.6 Å². The van der Waals surface area contributed by atoms with Crippen LogP contribution in [0.1, 0.15) is 12.7 Å². The highest BCUT2D eigenvalue weighted by molar-refractivity contribution is 5.80. The van der Waals surface area contributed by atoms with E-state index in [4.69, 9.17) is 4.74 Å². The number of rotatable bonds is 6. The first kappa shape index (κ1) is 15.3. The first-order chi connectivity index (χ1) is 10.2. The molecule has 0 radical (unpaired) electrons. The molecule has 2 rings (SSSR count). The SMILES string of the molecule is CN=C(NCCc1nc2ccccc2[nH]1)NC(C)COC. The van der Waals surface area contributed by atoms with Crippen LogP contribution in [0.4, 0.5) is 0 Å². The van der Waals surface area contributed by atoms with E-state index >= 15 is 0 Å². The van der Waals surface area contributed by atoms with Crippen LogP contribution in [-0.2, 0) is 11.2 Å². The number of ether oxygens (including phenoxy) is 1. The van der Waals surface area contributed by atoms with Crippen LogP contribution in [0.15, 0.2) is 29.3 Å². The summed E-state index contributed by atoms with van der Waals surface area (Å²) in [4.78, 5) is 12.1. The average Bonchev–Trinajstić information content (AvgIpc) is 2.89. The van der Waals surface area contributed by atoms with Crippen molar-refractivity contribution in [1.82, 2.24) is 20.6 Å². The largest absolute Gasteiger partial charge is 0.383 e. The van der Waals surface area contributed by atoms with Crippen molar-refractivity contribution in [3.63, 3.8) is 0 Å². The fraction of sp³-hybridized carbons (Fsp3) is 0.467. The molecule has 0 aliphatic heterocycles. The third-order valence-corrected chi connectivity index (χ3v) is 3.12. The number of nitrogens with one attached hydrogen (secondary N) is 3. The van der Waals surface area contributed by atoms with Crippen molar-refractivity contribution >= 4 is 17.0 Å². The van der Waals surface area contributed by atoms with Gasteiger partial charge in [0.2, 0.25) is 0 Å². The molecule has 1 aromatic heterocycles. The number of H-pyrrole nitrogens is 1. The lowest BCUT2D eigenvalue weighted by Gasteiger charge is -2.16. The van der Waals surface area contributed by atoms with Crippen LogP contribution in [0.25, 0.3) is 11.0 Å². The molecular weight excluding hydrogens is 266 g/mol. The van der Waals surface area contributed by atoms with Gasteiger partial charge in [-0.15, -0.1) is 0 Å². The Kier molecular flexibility index (Phi) is 5.57. The molecule has 0 aliphatic carbocycles. The highest BCUT2D eigenvalue weighted by atomic mass is 16.5. The molecule has 3 N–H and O–H groups in total. The van der Waals surface area contributed by atoms with E-state index in [1.807, 2.05) is 24.3 Å². The Morgan fingerprint density at radius 3 is 2.95 bits per heavy atom. The monoisotopic (exact) mass is 289 g/mol. The number of nitrogens with zero attached hydrogens (tertiary/aromatic N) is 2. The minimum atomic E-state index is 0.215. The molecule has 0 saturated heterocycles. The van der Waals surface area contributed by atoms with E-state index in [-0.39, 0.29) is 6.04 Å². The summed E-state index contributed by atoms with van der Waals surface area (Å²) >= 11 is 0. The zero-order chi connectivity index (χ0) is 15.1. The second kappa shape index (κ2) is 7.64. The maximum Gasteiger partial charge on any atom is 0.191 e. The van der Waals surface area contributed by atoms with Gasteiger partial charge in [0.05, 0.1) is 17.6 Å². The Balaban J connectivity index is 1.82. The summed E-state index contributed by atoms with van der Waals surface area (Å²) in [6.45, 7) is 3.46. The third-order valence-electron chi connectivity index (χ3n) is 3.12. The van der Waals surface area contributed by atoms with Crippen LogP contribution in [0.2, 0.25) is 0 Å². The number of hydrogen-bond acceptors (Lipinski definition) is 3. The van der Waals surface area contributed by atoms with Crippen LogP contribution in [0.3, 0.4) is 0 Å². The van der Waals surface area contributed by atoms with E-state index in [1.54, 1.807) is 14.2 Å². The highest BCUT2D eigenvalue weighted by Crippen LogP contribution is 2.10. The number of fused-ring (bicyclic) bond motifs is 1. The lowest BCUT2D eigenvalue weighted by Crippen LogP contribution is -2.44. The van der Waals surface area contributed by atoms with Crippen LogP contribution in [0, 0.1) is 0 Å². The van der Waals surface area contributed by atoms with Gasteiger partial charge in [0.1, 0.15) is 5.82 Å². The summed E-state index contributed by atoms with van der Waals surface area (Å²) in [5, 5.41) is 6.54. The molecule has 0 fully saturated rings. The van der Waals surface area contributed by atoms with Crippen molar-refractivity contribution < 1.29 is 4.74 Å². The molecule has 114 valence electrons. The Morgan fingerprint density at radius 2 is 2.24 bits per heavy atom. The van der Waals surface area contributed by atoms with Crippen LogP contribution in [0.5, 0.6) is 0 Å². The summed E-state index contributed by atoms with van der Waals surface area (Å²) < 4.78 is 5.10. The molecule has 1 atom stereocenters. The molecule has 6 heteroatoms. The number of benzene rings is 1. The molecule has 2 aromatic rings. The molecule has 0 aliphatic rings. The van der Waals surface area contributed by atoms with Crippen molar-refractivity contribution in [3.8, 4) is 0 Å². The fourth-order valence-electron chi connectivity index (χ4n) is 2.14. The Labute approximate surface area is 125 Å². The van der Waals surface area contributed by atoms with Crippen molar-refractivity contribution in [2.24, 2.45) is 4.99 Å². The highest BCUT2D eigenvalue weighted by Gasteiger charge is 2.05. The van der Waals surface area contributed by atoms with Gasteiger partial charge in [-0.3, -0.25) is 4.99 Å². The molecule has 0 saturated carbocycles. The van der Waals surface area contributed by atoms with Gasteiger partial charge in [0.25, 0.3) is 0 Å². The second-order valence-corrected chi connectivity index (χ2v) is 4.95. The summed E-state index contributed by atoms with van der Waals surface area (Å²) in [5.74, 6) is 1.75. The number of aromatic nitrogens is 2. The maximum absolute atomic E-state index is 5.10. The van der Waals surface area contributed by atoms with Crippen molar-refractivity contribution in [1.29, 1.82) is 0 Å². The van der Waals surface area contributed by atoms with Crippen molar-refractivity contribution in [2.75, 3.05) is 27.3 Å². The van der Waals surface area contributed by atoms with Gasteiger partial charge in [0.15, 0.2) is 5.96 Å². The number of guanidine groups is 1. The van der Waals surface area contributed by atoms with E-state index in [9.17, 15) is 0 Å². The van der Waals surface area contributed by atoms with E-state index in [0.717, 1.165) is 35.8 Å². The number of methoxy groups -OCH3 is 1. The maximum atomic E-state index is 5.10. The van der Waals surface area contributed by atoms with Gasteiger partial charge < -0.3 is 20.4 Å². The summed E-state index contributed by atoms with van der Waals surface area (Å²) in [6, 6.07) is 8.26. The lowest BCUT2D eigenvalue weighted by atomic mass is 10.3. The Morgan fingerprint density at radius 1 is 1.43 bits per heavy atom. The minimum Gasteiger partial charge on any atom is -0.383 e. The number of imidazole rings is 1. The summed E-state index contributed by atoms with van der Waals surface area (Å²) in [6.07, 6.45) is 0.814. The zero-order valence-electron chi connectivity index (χ0n) is 12.8. The molecule has 1 unspecified atom stereocenters. The smallest absolute Gasteiger partial charge is 0.191 e. The predicted molar refractivity (Wildman–Crippen MR) is 85.6 cm³/mol. The van der Waals surface area contributed by atoms with Gasteiger partial charge >= 0.3 is 0 Å². The standard InChI is InChI=1S/C15H23N5O/c1-11(10-21-3)18-15(16-2)17-9-8-14-19-12-6-4-5-7-13(12)20-14/h4-7,11H,8-10H2,1-3H3,(H,19,20)(H2,16,17,18). The molecule has 0 amide bonds. The number of aliphatic imine (C=N–C) groups is 1. The van der Waals surface area contributed by atoms with Gasteiger partial charge in [-0.25, -0.2) is 4.98 Å². The van der Waals surface area contributed by atoms with Gasteiger partial charge in [0, 0.05) is 33.2 Å². The minimum absolute atomic E-state index is 0.215.